The van der Waals surface area contributed by atoms with Crippen molar-refractivity contribution in [3.63, 3.8) is 0 Å². The second kappa shape index (κ2) is 3.34. The van der Waals surface area contributed by atoms with Crippen molar-refractivity contribution in [3.8, 4) is 0 Å². The Hall–Kier alpha value is -1.09. The highest BCUT2D eigenvalue weighted by Crippen LogP contribution is 2.19. The van der Waals surface area contributed by atoms with Gasteiger partial charge in [0.2, 0.25) is 0 Å². The van der Waals surface area contributed by atoms with Gasteiger partial charge in [-0.05, 0) is 26.0 Å². The molecule has 2 aromatic heterocycles. The molecule has 0 aliphatic rings. The molecule has 0 amide bonds. The van der Waals surface area contributed by atoms with Crippen molar-refractivity contribution in [3.05, 3.63) is 39.7 Å². The van der Waals surface area contributed by atoms with E-state index in [1.807, 2.05) is 19.1 Å². The molecule has 13 heavy (non-hydrogen) atoms. The second-order valence-corrected chi connectivity index (χ2v) is 4.40. The molecule has 0 spiro atoms. The zero-order valence-electron chi connectivity index (χ0n) is 7.70. The van der Waals surface area contributed by atoms with Gasteiger partial charge in [0.1, 0.15) is 5.76 Å². The average molecular weight is 193 g/mol. The molecular formula is C10H11NOS. The highest BCUT2D eigenvalue weighted by atomic mass is 32.1. The number of furan rings is 1. The van der Waals surface area contributed by atoms with E-state index in [-0.39, 0.29) is 0 Å². The van der Waals surface area contributed by atoms with Gasteiger partial charge in [0.15, 0.2) is 0 Å². The fourth-order valence-corrected chi connectivity index (χ4v) is 2.15. The van der Waals surface area contributed by atoms with Crippen LogP contribution in [0.3, 0.4) is 0 Å². The van der Waals surface area contributed by atoms with Crippen LogP contribution in [0.4, 0.5) is 0 Å². The molecule has 0 fully saturated rings. The first-order chi connectivity index (χ1) is 6.25. The molecule has 2 heterocycles. The molecule has 2 aromatic rings. The number of hydrogen-bond acceptors (Lipinski definition) is 3. The minimum Gasteiger partial charge on any atom is -0.469 e. The summed E-state index contributed by atoms with van der Waals surface area (Å²) in [4.78, 5) is 5.73. The molecule has 0 N–H and O–H groups in total. The summed E-state index contributed by atoms with van der Waals surface area (Å²) in [7, 11) is 0. The highest BCUT2D eigenvalue weighted by molar-refractivity contribution is 7.11. The summed E-state index contributed by atoms with van der Waals surface area (Å²) in [5.41, 5.74) is 1.14. The summed E-state index contributed by atoms with van der Waals surface area (Å²) >= 11 is 1.74. The van der Waals surface area contributed by atoms with E-state index in [0.717, 1.165) is 22.9 Å². The lowest BCUT2D eigenvalue weighted by molar-refractivity contribution is 0.519. The van der Waals surface area contributed by atoms with E-state index in [1.165, 1.54) is 4.88 Å². The third-order valence-electron chi connectivity index (χ3n) is 1.92. The fourth-order valence-electron chi connectivity index (χ4n) is 1.31. The summed E-state index contributed by atoms with van der Waals surface area (Å²) in [5.74, 6) is 0.980. The predicted molar refractivity (Wildman–Crippen MR) is 53.1 cm³/mol. The monoisotopic (exact) mass is 193 g/mol. The van der Waals surface area contributed by atoms with Crippen LogP contribution in [-0.2, 0) is 6.42 Å². The van der Waals surface area contributed by atoms with Gasteiger partial charge < -0.3 is 4.42 Å². The van der Waals surface area contributed by atoms with Crippen molar-refractivity contribution in [1.29, 1.82) is 0 Å². The van der Waals surface area contributed by atoms with Gasteiger partial charge in [0, 0.05) is 11.3 Å². The van der Waals surface area contributed by atoms with Crippen LogP contribution in [0.5, 0.6) is 0 Å². The lowest BCUT2D eigenvalue weighted by atomic mass is 10.2. The van der Waals surface area contributed by atoms with Crippen LogP contribution in [0.1, 0.15) is 21.3 Å². The first-order valence-electron chi connectivity index (χ1n) is 4.21. The molecule has 2 nitrogen and oxygen atoms in total. The highest BCUT2D eigenvalue weighted by Gasteiger charge is 2.06. The fraction of sp³-hybridized carbons (Fsp3) is 0.300. The van der Waals surface area contributed by atoms with Crippen molar-refractivity contribution < 1.29 is 4.42 Å². The number of aryl methyl sites for hydroxylation is 2. The standard InChI is InChI=1S/C10H11NOS/c1-7-10(11-8(2)13-7)6-9-4-3-5-12-9/h3-5H,6H2,1-2H3. The topological polar surface area (TPSA) is 26.0 Å². The Morgan fingerprint density at radius 2 is 2.31 bits per heavy atom. The smallest absolute Gasteiger partial charge is 0.109 e. The maximum atomic E-state index is 5.27. The third kappa shape index (κ3) is 1.80. The van der Waals surface area contributed by atoms with Crippen molar-refractivity contribution in [2.24, 2.45) is 0 Å². The molecule has 0 aliphatic heterocycles. The van der Waals surface area contributed by atoms with Gasteiger partial charge in [-0.15, -0.1) is 11.3 Å². The van der Waals surface area contributed by atoms with Crippen LogP contribution in [0, 0.1) is 13.8 Å². The van der Waals surface area contributed by atoms with Crippen LogP contribution in [0.15, 0.2) is 22.8 Å². The molecule has 0 radical (unpaired) electrons. The lowest BCUT2D eigenvalue weighted by Crippen LogP contribution is -1.88. The zero-order chi connectivity index (χ0) is 9.26. The van der Waals surface area contributed by atoms with E-state index >= 15 is 0 Å². The molecule has 0 saturated carbocycles. The van der Waals surface area contributed by atoms with Crippen LogP contribution >= 0.6 is 11.3 Å². The lowest BCUT2D eigenvalue weighted by Gasteiger charge is -1.93. The summed E-state index contributed by atoms with van der Waals surface area (Å²) in [6, 6.07) is 3.89. The van der Waals surface area contributed by atoms with Gasteiger partial charge in [0.05, 0.1) is 17.0 Å². The Morgan fingerprint density at radius 1 is 1.46 bits per heavy atom. The number of thiazole rings is 1. The quantitative estimate of drug-likeness (QED) is 0.733. The van der Waals surface area contributed by atoms with E-state index in [9.17, 15) is 0 Å². The molecule has 0 aromatic carbocycles. The van der Waals surface area contributed by atoms with Gasteiger partial charge in [-0.3, -0.25) is 0 Å². The third-order valence-corrected chi connectivity index (χ3v) is 2.85. The van der Waals surface area contributed by atoms with E-state index in [0.29, 0.717) is 0 Å². The summed E-state index contributed by atoms with van der Waals surface area (Å²) in [5, 5.41) is 1.12. The maximum Gasteiger partial charge on any atom is 0.109 e. The predicted octanol–water partition coefficient (Wildman–Crippen LogP) is 2.94. The number of aromatic nitrogens is 1. The van der Waals surface area contributed by atoms with Crippen LogP contribution in [0.25, 0.3) is 0 Å². The Kier molecular flexibility index (Phi) is 2.19. The van der Waals surface area contributed by atoms with E-state index in [4.69, 9.17) is 4.42 Å². The van der Waals surface area contributed by atoms with Crippen molar-refractivity contribution in [2.45, 2.75) is 20.3 Å². The van der Waals surface area contributed by atoms with E-state index < -0.39 is 0 Å². The van der Waals surface area contributed by atoms with E-state index in [2.05, 4.69) is 11.9 Å². The van der Waals surface area contributed by atoms with Gasteiger partial charge >= 0.3 is 0 Å². The maximum absolute atomic E-state index is 5.27. The largest absolute Gasteiger partial charge is 0.469 e. The van der Waals surface area contributed by atoms with Crippen molar-refractivity contribution in [1.82, 2.24) is 4.98 Å². The molecule has 68 valence electrons. The first kappa shape index (κ1) is 8.51. The van der Waals surface area contributed by atoms with E-state index in [1.54, 1.807) is 17.6 Å². The number of hydrogen-bond donors (Lipinski definition) is 0. The molecule has 0 bridgehead atoms. The number of rotatable bonds is 2. The summed E-state index contributed by atoms with van der Waals surface area (Å²) in [6.07, 6.45) is 2.51. The molecule has 3 heteroatoms. The molecule has 0 unspecified atom stereocenters. The van der Waals surface area contributed by atoms with Crippen molar-refractivity contribution in [2.75, 3.05) is 0 Å². The van der Waals surface area contributed by atoms with Gasteiger partial charge in [0.25, 0.3) is 0 Å². The number of nitrogens with zero attached hydrogens (tertiary/aromatic N) is 1. The Labute approximate surface area is 81.2 Å². The minimum atomic E-state index is 0.809. The molecular weight excluding hydrogens is 182 g/mol. The Balaban J connectivity index is 2.23. The van der Waals surface area contributed by atoms with Crippen LogP contribution < -0.4 is 0 Å². The zero-order valence-corrected chi connectivity index (χ0v) is 8.52. The molecule has 0 saturated heterocycles. The summed E-state index contributed by atoms with van der Waals surface area (Å²) < 4.78 is 5.27. The van der Waals surface area contributed by atoms with Gasteiger partial charge in [-0.2, -0.15) is 0 Å². The van der Waals surface area contributed by atoms with Crippen LogP contribution in [-0.4, -0.2) is 4.98 Å². The molecule has 0 atom stereocenters. The molecule has 0 aliphatic carbocycles. The summed E-state index contributed by atoms with van der Waals surface area (Å²) in [6.45, 7) is 4.13. The first-order valence-corrected chi connectivity index (χ1v) is 5.02. The minimum absolute atomic E-state index is 0.809. The van der Waals surface area contributed by atoms with Gasteiger partial charge in [-0.1, -0.05) is 0 Å². The van der Waals surface area contributed by atoms with Gasteiger partial charge in [-0.25, -0.2) is 4.98 Å². The average Bonchev–Trinajstić information content (AvgIpc) is 2.63. The Morgan fingerprint density at radius 3 is 2.85 bits per heavy atom. The SMILES string of the molecule is Cc1nc(Cc2ccco2)c(C)s1. The van der Waals surface area contributed by atoms with Crippen molar-refractivity contribution >= 4 is 11.3 Å². The Bertz CT molecular complexity index is 389. The second-order valence-electron chi connectivity index (χ2n) is 2.99. The normalized spacial score (nSPS) is 10.6. The van der Waals surface area contributed by atoms with Crippen LogP contribution in [0.2, 0.25) is 0 Å². The molecule has 2 rings (SSSR count).